The number of aromatic nitrogens is 8. The fourth-order valence-corrected chi connectivity index (χ4v) is 8.60. The zero-order valence-corrected chi connectivity index (χ0v) is 33.6. The van der Waals surface area contributed by atoms with E-state index in [4.69, 9.17) is 0 Å². The second-order valence-corrected chi connectivity index (χ2v) is 15.3. The molecule has 10 aromatic rings. The Bertz CT molecular complexity index is 3460. The van der Waals surface area contributed by atoms with Gasteiger partial charge in [-0.25, -0.2) is 29.9 Å². The van der Waals surface area contributed by atoms with Gasteiger partial charge in [-0.1, -0.05) is 42.5 Å². The summed E-state index contributed by atoms with van der Waals surface area (Å²) < 4.78 is 47.8. The largest absolute Gasteiger partial charge is 0.416 e. The zero-order valence-electron chi connectivity index (χ0n) is 33.6. The van der Waals surface area contributed by atoms with E-state index in [9.17, 15) is 18.4 Å². The fraction of sp³-hybridized carbons (Fsp3) is 0.122. The van der Waals surface area contributed by atoms with E-state index < -0.39 is 11.7 Å². The summed E-state index contributed by atoms with van der Waals surface area (Å²) in [7, 11) is 0. The first-order valence-corrected chi connectivity index (χ1v) is 19.6. The van der Waals surface area contributed by atoms with Crippen molar-refractivity contribution in [2.24, 2.45) is 0 Å². The summed E-state index contributed by atoms with van der Waals surface area (Å²) in [5, 5.41) is 14.7. The lowest BCUT2D eigenvalue weighted by molar-refractivity contribution is -0.137. The van der Waals surface area contributed by atoms with Gasteiger partial charge in [0, 0.05) is 38.2 Å². The Morgan fingerprint density at radius 3 is 1.44 bits per heavy atom. The number of para-hydroxylation sites is 2. The summed E-state index contributed by atoms with van der Waals surface area (Å²) in [6, 6.07) is 37.9. The van der Waals surface area contributed by atoms with E-state index in [1.807, 2.05) is 128 Å². The van der Waals surface area contributed by atoms with E-state index in [1.54, 1.807) is 19.1 Å². The van der Waals surface area contributed by atoms with Gasteiger partial charge in [0.15, 0.2) is 11.6 Å². The SMILES string of the molecule is Cc1cc(-c2cc(-n3c4ccccc4c4cc(-c5nc(C)nc(C)n5)ccc43)c(C#N)cc2-n2c3ccccc3c3cc(-c4nc(C)nc(C)n4)ccc32)cc(C(F)(F)F)c1. The highest BCUT2D eigenvalue weighted by atomic mass is 19.4. The molecule has 4 aromatic heterocycles. The Hall–Kier alpha value is -7.78. The van der Waals surface area contributed by atoms with Gasteiger partial charge in [-0.3, -0.25) is 0 Å². The number of aryl methyl sites for hydroxylation is 5. The van der Waals surface area contributed by atoms with Crippen molar-refractivity contribution in [3.05, 3.63) is 155 Å². The lowest BCUT2D eigenvalue weighted by Gasteiger charge is -2.20. The second-order valence-electron chi connectivity index (χ2n) is 15.3. The van der Waals surface area contributed by atoms with Crippen LogP contribution in [0.25, 0.3) is 88.9 Å². The maximum absolute atomic E-state index is 14.6. The molecule has 296 valence electrons. The maximum Gasteiger partial charge on any atom is 0.416 e. The van der Waals surface area contributed by atoms with E-state index in [2.05, 4.69) is 36.0 Å². The number of alkyl halides is 3. The van der Waals surface area contributed by atoms with Crippen LogP contribution in [0.3, 0.4) is 0 Å². The molecule has 0 spiro atoms. The summed E-state index contributed by atoms with van der Waals surface area (Å²) in [5.74, 6) is 3.51. The molecule has 10 rings (SSSR count). The van der Waals surface area contributed by atoms with Gasteiger partial charge in [0.1, 0.15) is 29.4 Å². The number of halogens is 3. The molecule has 0 bridgehead atoms. The maximum atomic E-state index is 14.6. The van der Waals surface area contributed by atoms with Crippen LogP contribution in [0.15, 0.2) is 115 Å². The second kappa shape index (κ2) is 13.9. The molecule has 12 heteroatoms. The smallest absolute Gasteiger partial charge is 0.309 e. The van der Waals surface area contributed by atoms with Crippen molar-refractivity contribution in [3.63, 3.8) is 0 Å². The fourth-order valence-electron chi connectivity index (χ4n) is 8.60. The van der Waals surface area contributed by atoms with Crippen LogP contribution in [0, 0.1) is 45.9 Å². The van der Waals surface area contributed by atoms with E-state index >= 15 is 0 Å². The van der Waals surface area contributed by atoms with E-state index in [1.165, 1.54) is 6.07 Å². The number of benzene rings is 6. The number of nitrogens with zero attached hydrogens (tertiary/aromatic N) is 9. The van der Waals surface area contributed by atoms with Gasteiger partial charge in [0.05, 0.1) is 44.6 Å². The predicted molar refractivity (Wildman–Crippen MR) is 232 cm³/mol. The number of rotatable bonds is 5. The van der Waals surface area contributed by atoms with Gasteiger partial charge in [0.2, 0.25) is 0 Å². The molecule has 0 atom stereocenters. The van der Waals surface area contributed by atoms with Gasteiger partial charge < -0.3 is 9.13 Å². The van der Waals surface area contributed by atoms with Crippen LogP contribution in [-0.2, 0) is 6.18 Å². The summed E-state index contributed by atoms with van der Waals surface area (Å²) in [6.07, 6.45) is -4.59. The average molecular weight is 806 g/mol. The number of hydrogen-bond donors (Lipinski definition) is 0. The van der Waals surface area contributed by atoms with Gasteiger partial charge in [0.25, 0.3) is 0 Å². The van der Waals surface area contributed by atoms with Crippen molar-refractivity contribution in [2.75, 3.05) is 0 Å². The molecular weight excluding hydrogens is 772 g/mol. The van der Waals surface area contributed by atoms with Crippen LogP contribution in [0.5, 0.6) is 0 Å². The third-order valence-corrected chi connectivity index (χ3v) is 11.0. The molecule has 0 aliphatic rings. The van der Waals surface area contributed by atoms with Crippen molar-refractivity contribution in [3.8, 4) is 51.3 Å². The molecule has 0 aliphatic heterocycles. The molecule has 6 aromatic carbocycles. The molecule has 0 amide bonds. The Morgan fingerprint density at radius 2 is 0.951 bits per heavy atom. The van der Waals surface area contributed by atoms with Crippen molar-refractivity contribution in [1.29, 1.82) is 5.26 Å². The topological polar surface area (TPSA) is 111 Å². The lowest BCUT2D eigenvalue weighted by Crippen LogP contribution is -2.07. The summed E-state index contributed by atoms with van der Waals surface area (Å²) in [5.41, 5.74) is 6.78. The molecule has 0 unspecified atom stereocenters. The monoisotopic (exact) mass is 805 g/mol. The quantitative estimate of drug-likeness (QED) is 0.170. The third-order valence-electron chi connectivity index (χ3n) is 11.0. The van der Waals surface area contributed by atoms with Crippen LogP contribution >= 0.6 is 0 Å². The standard InChI is InChI=1S/C49H34F3N9/c1-26-18-33(20-35(19-26)49(50,51)52)38-24-45(60-41-12-8-6-10-36(41)39-21-31(14-16-43(39)60)47-56-27(2)54-28(3)57-47)34(25-53)23-46(38)61-42-13-9-7-11-37(42)40-22-32(15-17-44(40)61)48-58-29(4)55-30(5)59-48/h6-24H,1-5H3. The van der Waals surface area contributed by atoms with Gasteiger partial charge >= 0.3 is 6.18 Å². The minimum Gasteiger partial charge on any atom is -0.309 e. The van der Waals surface area contributed by atoms with Crippen LogP contribution < -0.4 is 0 Å². The van der Waals surface area contributed by atoms with Crippen LogP contribution in [-0.4, -0.2) is 39.0 Å². The number of fused-ring (bicyclic) bond motifs is 6. The van der Waals surface area contributed by atoms with Crippen molar-refractivity contribution >= 4 is 43.6 Å². The first-order valence-electron chi connectivity index (χ1n) is 19.6. The number of nitriles is 1. The minimum absolute atomic E-state index is 0.330. The Balaban J connectivity index is 1.28. The predicted octanol–water partition coefficient (Wildman–Crippen LogP) is 11.7. The van der Waals surface area contributed by atoms with Gasteiger partial charge in [-0.05, 0) is 119 Å². The molecular formula is C49H34F3N9. The highest BCUT2D eigenvalue weighted by molar-refractivity contribution is 6.12. The van der Waals surface area contributed by atoms with E-state index in [-0.39, 0.29) is 0 Å². The lowest BCUT2D eigenvalue weighted by atomic mass is 9.96. The molecule has 61 heavy (non-hydrogen) atoms. The third kappa shape index (κ3) is 6.33. The molecule has 0 saturated heterocycles. The highest BCUT2D eigenvalue weighted by Crippen LogP contribution is 2.43. The first kappa shape index (κ1) is 37.5. The average Bonchev–Trinajstić information content (AvgIpc) is 3.74. The summed E-state index contributed by atoms with van der Waals surface area (Å²) in [6.45, 7) is 8.97. The minimum atomic E-state index is -4.59. The normalized spacial score (nSPS) is 11.9. The zero-order chi connectivity index (χ0) is 42.3. The van der Waals surface area contributed by atoms with Crippen molar-refractivity contribution < 1.29 is 13.2 Å². The molecule has 9 nitrogen and oxygen atoms in total. The summed E-state index contributed by atoms with van der Waals surface area (Å²) in [4.78, 5) is 27.1. The first-order chi connectivity index (χ1) is 29.3. The van der Waals surface area contributed by atoms with Crippen molar-refractivity contribution in [2.45, 2.75) is 40.8 Å². The Kier molecular flexibility index (Phi) is 8.55. The van der Waals surface area contributed by atoms with E-state index in [0.717, 1.165) is 60.8 Å². The molecule has 0 saturated carbocycles. The molecule has 0 aliphatic carbocycles. The molecule has 0 radical (unpaired) electrons. The summed E-state index contributed by atoms with van der Waals surface area (Å²) >= 11 is 0. The van der Waals surface area contributed by atoms with Crippen LogP contribution in [0.1, 0.15) is 40.0 Å². The van der Waals surface area contributed by atoms with E-state index in [0.29, 0.717) is 68.6 Å². The Morgan fingerprint density at radius 1 is 0.475 bits per heavy atom. The van der Waals surface area contributed by atoms with Crippen molar-refractivity contribution in [1.82, 2.24) is 39.0 Å². The number of hydrogen-bond acceptors (Lipinski definition) is 7. The molecule has 0 N–H and O–H groups in total. The molecule has 0 fully saturated rings. The van der Waals surface area contributed by atoms with Gasteiger partial charge in [-0.2, -0.15) is 18.4 Å². The van der Waals surface area contributed by atoms with Crippen LogP contribution in [0.2, 0.25) is 0 Å². The highest BCUT2D eigenvalue weighted by Gasteiger charge is 2.32. The van der Waals surface area contributed by atoms with Crippen LogP contribution in [0.4, 0.5) is 13.2 Å². The van der Waals surface area contributed by atoms with Gasteiger partial charge in [-0.15, -0.1) is 0 Å². The molecule has 4 heterocycles. The Labute approximate surface area is 347 Å².